The Labute approximate surface area is 66.7 Å². The van der Waals surface area contributed by atoms with Crippen LogP contribution in [0.15, 0.2) is 0 Å². The fourth-order valence-electron chi connectivity index (χ4n) is 2.08. The number of nitrogens with one attached hydrogen (secondary N) is 1. The van der Waals surface area contributed by atoms with Crippen LogP contribution in [0.2, 0.25) is 0 Å². The first kappa shape index (κ1) is 7.07. The van der Waals surface area contributed by atoms with Crippen molar-refractivity contribution in [1.82, 2.24) is 5.43 Å². The molecule has 0 amide bonds. The molecule has 2 fully saturated rings. The van der Waals surface area contributed by atoms with Crippen LogP contribution >= 0.6 is 0 Å². The van der Waals surface area contributed by atoms with Gasteiger partial charge >= 0.3 is 0 Å². The molecule has 0 unspecified atom stereocenters. The maximum Gasteiger partial charge on any atom is 0.227 e. The minimum Gasteiger partial charge on any atom is -0.147 e. The van der Waals surface area contributed by atoms with E-state index in [2.05, 4.69) is 11.8 Å². The van der Waals surface area contributed by atoms with Gasteiger partial charge in [-0.3, -0.25) is 0 Å². The van der Waals surface area contributed by atoms with E-state index in [-0.39, 0.29) is 5.54 Å². The van der Waals surface area contributed by atoms with Gasteiger partial charge < -0.3 is 0 Å². The van der Waals surface area contributed by atoms with Crippen LogP contribution in [0.25, 0.3) is 0 Å². The number of hydrazine groups is 1. The van der Waals surface area contributed by atoms with E-state index in [1.165, 1.54) is 12.8 Å². The summed E-state index contributed by atoms with van der Waals surface area (Å²) in [6.45, 7) is 0.667. The second-order valence-corrected chi connectivity index (χ2v) is 3.61. The molecule has 1 aliphatic heterocycles. The van der Waals surface area contributed by atoms with E-state index in [0.717, 1.165) is 24.1 Å². The number of nitrogens with zero attached hydrogens (tertiary/aromatic N) is 1. The van der Waals surface area contributed by atoms with Gasteiger partial charge in [0.1, 0.15) is 10.4 Å². The smallest absolute Gasteiger partial charge is 0.147 e. The van der Waals surface area contributed by atoms with E-state index in [0.29, 0.717) is 6.54 Å². The molecule has 61 valence electrons. The SMILES string of the molecule is O=[N+]1CCC2(CC[CH]CC2)N1. The maximum absolute atomic E-state index is 10.9. The first-order valence-corrected chi connectivity index (χ1v) is 4.35. The lowest BCUT2D eigenvalue weighted by Gasteiger charge is -2.27. The second kappa shape index (κ2) is 2.47. The third-order valence-corrected chi connectivity index (χ3v) is 2.81. The molecular formula is C8H14N2O+. The van der Waals surface area contributed by atoms with E-state index < -0.39 is 0 Å². The molecule has 3 heteroatoms. The summed E-state index contributed by atoms with van der Waals surface area (Å²) in [6.07, 6.45) is 7.98. The average molecular weight is 154 g/mol. The van der Waals surface area contributed by atoms with Gasteiger partial charge in [-0.05, 0) is 32.1 Å². The molecule has 1 heterocycles. The molecule has 0 bridgehead atoms. The van der Waals surface area contributed by atoms with E-state index in [9.17, 15) is 4.91 Å². The Hall–Kier alpha value is -0.600. The van der Waals surface area contributed by atoms with Crippen molar-refractivity contribution in [2.75, 3.05) is 6.54 Å². The maximum atomic E-state index is 10.9. The van der Waals surface area contributed by atoms with Gasteiger partial charge in [-0.1, -0.05) is 0 Å². The highest BCUT2D eigenvalue weighted by Gasteiger charge is 2.43. The Bertz CT molecular complexity index is 173. The molecule has 3 nitrogen and oxygen atoms in total. The van der Waals surface area contributed by atoms with Crippen LogP contribution in [0.5, 0.6) is 0 Å². The van der Waals surface area contributed by atoms with Crippen molar-refractivity contribution in [1.29, 1.82) is 0 Å². The van der Waals surface area contributed by atoms with Gasteiger partial charge in [-0.2, -0.15) is 0 Å². The molecule has 1 radical (unpaired) electrons. The molecule has 1 aliphatic carbocycles. The highest BCUT2D eigenvalue weighted by atomic mass is 16.3. The fraction of sp³-hybridized carbons (Fsp3) is 0.875. The van der Waals surface area contributed by atoms with Crippen LogP contribution in [0.1, 0.15) is 32.1 Å². The van der Waals surface area contributed by atoms with Crippen molar-refractivity contribution in [2.24, 2.45) is 0 Å². The lowest BCUT2D eigenvalue weighted by molar-refractivity contribution is -0.592. The second-order valence-electron chi connectivity index (χ2n) is 3.61. The molecule has 2 rings (SSSR count). The molecule has 1 saturated carbocycles. The zero-order valence-electron chi connectivity index (χ0n) is 6.68. The Kier molecular flexibility index (Phi) is 1.59. The Morgan fingerprint density at radius 2 is 2.00 bits per heavy atom. The van der Waals surface area contributed by atoms with E-state index in [1.807, 2.05) is 0 Å². The third kappa shape index (κ3) is 1.24. The van der Waals surface area contributed by atoms with Crippen LogP contribution in [-0.2, 0) is 0 Å². The summed E-state index contributed by atoms with van der Waals surface area (Å²) in [5.41, 5.74) is 3.20. The average Bonchev–Trinajstić information content (AvgIpc) is 2.34. The standard InChI is InChI=1S/C8H14N2O/c11-10-7-6-8(9-10)4-2-1-3-5-8/h1H,2-7H2,(H,9,11)/q+1. The minimum absolute atomic E-state index is 0.177. The lowest BCUT2D eigenvalue weighted by atomic mass is 9.81. The molecule has 1 N–H and O–H groups in total. The van der Waals surface area contributed by atoms with Gasteiger partial charge in [0.2, 0.25) is 6.54 Å². The van der Waals surface area contributed by atoms with E-state index >= 15 is 0 Å². The summed E-state index contributed by atoms with van der Waals surface area (Å²) in [7, 11) is 0. The molecule has 0 aromatic heterocycles. The molecular weight excluding hydrogens is 140 g/mol. The zero-order valence-corrected chi connectivity index (χ0v) is 6.68. The molecule has 0 aromatic rings. The fourth-order valence-corrected chi connectivity index (χ4v) is 2.08. The van der Waals surface area contributed by atoms with E-state index in [1.54, 1.807) is 0 Å². The van der Waals surface area contributed by atoms with Crippen molar-refractivity contribution in [3.8, 4) is 0 Å². The number of hydrogen-bond acceptors (Lipinski definition) is 1. The molecule has 1 spiro atoms. The number of hydrogen-bond donors (Lipinski definition) is 1. The van der Waals surface area contributed by atoms with Crippen LogP contribution in [-0.4, -0.2) is 17.0 Å². The van der Waals surface area contributed by atoms with Crippen molar-refractivity contribution in [3.05, 3.63) is 11.3 Å². The van der Waals surface area contributed by atoms with Crippen molar-refractivity contribution in [2.45, 2.75) is 37.6 Å². The van der Waals surface area contributed by atoms with Gasteiger partial charge in [-0.15, -0.1) is 5.43 Å². The highest BCUT2D eigenvalue weighted by Crippen LogP contribution is 2.32. The lowest BCUT2D eigenvalue weighted by Crippen LogP contribution is -2.43. The zero-order chi connectivity index (χ0) is 7.73. The monoisotopic (exact) mass is 154 g/mol. The number of nitroso groups, excluding NO2 is 1. The van der Waals surface area contributed by atoms with Crippen LogP contribution in [0, 0.1) is 11.3 Å². The largest absolute Gasteiger partial charge is 0.227 e. The molecule has 1 saturated heterocycles. The summed E-state index contributed by atoms with van der Waals surface area (Å²) < 4.78 is 0. The van der Waals surface area contributed by atoms with Crippen LogP contribution < -0.4 is 5.43 Å². The molecule has 0 atom stereocenters. The topological polar surface area (TPSA) is 32.1 Å². The first-order valence-electron chi connectivity index (χ1n) is 4.35. The molecule has 0 aromatic carbocycles. The van der Waals surface area contributed by atoms with Crippen molar-refractivity contribution in [3.63, 3.8) is 0 Å². The third-order valence-electron chi connectivity index (χ3n) is 2.81. The Morgan fingerprint density at radius 1 is 1.27 bits per heavy atom. The predicted molar refractivity (Wildman–Crippen MR) is 41.7 cm³/mol. The summed E-state index contributed by atoms with van der Waals surface area (Å²) in [5.74, 6) is 0. The minimum atomic E-state index is 0.177. The van der Waals surface area contributed by atoms with Crippen molar-refractivity contribution < 1.29 is 4.87 Å². The first-order chi connectivity index (χ1) is 5.31. The normalized spacial score (nSPS) is 28.9. The Morgan fingerprint density at radius 3 is 2.55 bits per heavy atom. The summed E-state index contributed by atoms with van der Waals surface area (Å²) in [5, 5.41) is 0. The number of rotatable bonds is 0. The van der Waals surface area contributed by atoms with Crippen LogP contribution in [0.3, 0.4) is 0 Å². The highest BCUT2D eigenvalue weighted by molar-refractivity contribution is 4.94. The van der Waals surface area contributed by atoms with Gasteiger partial charge in [-0.25, -0.2) is 0 Å². The summed E-state index contributed by atoms with van der Waals surface area (Å²) in [4.78, 5) is 11.9. The predicted octanol–water partition coefficient (Wildman–Crippen LogP) is 1.19. The summed E-state index contributed by atoms with van der Waals surface area (Å²) >= 11 is 0. The quantitative estimate of drug-likeness (QED) is 0.531. The van der Waals surface area contributed by atoms with Crippen LogP contribution in [0.4, 0.5) is 0 Å². The van der Waals surface area contributed by atoms with Gasteiger partial charge in [0.15, 0.2) is 0 Å². The summed E-state index contributed by atoms with van der Waals surface area (Å²) in [6, 6.07) is 0. The van der Waals surface area contributed by atoms with Gasteiger partial charge in [0.05, 0.1) is 4.91 Å². The molecule has 11 heavy (non-hydrogen) atoms. The van der Waals surface area contributed by atoms with Gasteiger partial charge in [0.25, 0.3) is 0 Å². The van der Waals surface area contributed by atoms with Gasteiger partial charge in [0, 0.05) is 6.42 Å². The van der Waals surface area contributed by atoms with E-state index in [4.69, 9.17) is 0 Å². The van der Waals surface area contributed by atoms with Crippen molar-refractivity contribution >= 4 is 0 Å². The molecule has 2 aliphatic rings. The Balaban J connectivity index is 2.03.